The molecule has 1 unspecified atom stereocenters. The number of pyridine rings is 2. The first-order valence-electron chi connectivity index (χ1n) is 10.8. The Morgan fingerprint density at radius 3 is 2.59 bits per heavy atom. The SMILES string of the molecule is CC(CN1CCN(c2ccccn2)CC1)NC(=O)c1cccnc1Nc1cccc(F)c1. The summed E-state index contributed by atoms with van der Waals surface area (Å²) in [5, 5.41) is 6.10. The van der Waals surface area contributed by atoms with E-state index in [-0.39, 0.29) is 17.8 Å². The van der Waals surface area contributed by atoms with Crippen LogP contribution < -0.4 is 15.5 Å². The van der Waals surface area contributed by atoms with Crippen LogP contribution in [0.5, 0.6) is 0 Å². The molecule has 1 aliphatic rings. The molecule has 1 atom stereocenters. The second-order valence-corrected chi connectivity index (χ2v) is 7.89. The van der Waals surface area contributed by atoms with Crippen LogP contribution in [0.25, 0.3) is 0 Å². The Balaban J connectivity index is 1.31. The molecule has 7 nitrogen and oxygen atoms in total. The van der Waals surface area contributed by atoms with E-state index in [1.54, 1.807) is 30.5 Å². The van der Waals surface area contributed by atoms with Gasteiger partial charge in [0.1, 0.15) is 17.5 Å². The lowest BCUT2D eigenvalue weighted by Crippen LogP contribution is -2.51. The molecule has 1 saturated heterocycles. The highest BCUT2D eigenvalue weighted by atomic mass is 19.1. The summed E-state index contributed by atoms with van der Waals surface area (Å²) < 4.78 is 13.5. The van der Waals surface area contributed by atoms with Gasteiger partial charge in [-0.15, -0.1) is 0 Å². The number of benzene rings is 1. The number of halogens is 1. The van der Waals surface area contributed by atoms with Crippen molar-refractivity contribution in [2.24, 2.45) is 0 Å². The van der Waals surface area contributed by atoms with Crippen LogP contribution in [0.2, 0.25) is 0 Å². The van der Waals surface area contributed by atoms with Gasteiger partial charge in [0.15, 0.2) is 0 Å². The van der Waals surface area contributed by atoms with Crippen molar-refractivity contribution in [3.8, 4) is 0 Å². The summed E-state index contributed by atoms with van der Waals surface area (Å²) in [6.45, 7) is 6.39. The molecule has 32 heavy (non-hydrogen) atoms. The highest BCUT2D eigenvalue weighted by Gasteiger charge is 2.21. The summed E-state index contributed by atoms with van der Waals surface area (Å²) in [5.41, 5.74) is 0.958. The molecule has 0 spiro atoms. The molecule has 3 aromatic rings. The van der Waals surface area contributed by atoms with Crippen molar-refractivity contribution < 1.29 is 9.18 Å². The van der Waals surface area contributed by atoms with Crippen molar-refractivity contribution in [2.45, 2.75) is 13.0 Å². The van der Waals surface area contributed by atoms with Crippen LogP contribution in [0.1, 0.15) is 17.3 Å². The van der Waals surface area contributed by atoms with E-state index in [1.165, 1.54) is 12.1 Å². The van der Waals surface area contributed by atoms with Crippen molar-refractivity contribution in [3.05, 3.63) is 78.4 Å². The fraction of sp³-hybridized carbons (Fsp3) is 0.292. The molecule has 1 amide bonds. The van der Waals surface area contributed by atoms with Crippen LogP contribution in [-0.4, -0.2) is 59.5 Å². The second-order valence-electron chi connectivity index (χ2n) is 7.89. The Kier molecular flexibility index (Phi) is 6.91. The summed E-state index contributed by atoms with van der Waals surface area (Å²) in [6, 6.07) is 15.4. The van der Waals surface area contributed by atoms with Gasteiger partial charge in [-0.05, 0) is 49.4 Å². The summed E-state index contributed by atoms with van der Waals surface area (Å²) in [6.07, 6.45) is 3.41. The monoisotopic (exact) mass is 434 g/mol. The van der Waals surface area contributed by atoms with Gasteiger partial charge in [0.2, 0.25) is 0 Å². The Hall–Kier alpha value is -3.52. The largest absolute Gasteiger partial charge is 0.354 e. The van der Waals surface area contributed by atoms with E-state index in [2.05, 4.69) is 30.4 Å². The normalized spacial score (nSPS) is 15.2. The molecular weight excluding hydrogens is 407 g/mol. The summed E-state index contributed by atoms with van der Waals surface area (Å²) in [7, 11) is 0. The Morgan fingerprint density at radius 1 is 1.03 bits per heavy atom. The van der Waals surface area contributed by atoms with E-state index >= 15 is 0 Å². The fourth-order valence-corrected chi connectivity index (χ4v) is 3.83. The zero-order chi connectivity index (χ0) is 22.3. The Morgan fingerprint density at radius 2 is 1.84 bits per heavy atom. The third-order valence-electron chi connectivity index (χ3n) is 5.39. The summed E-state index contributed by atoms with van der Waals surface area (Å²) in [4.78, 5) is 26.2. The van der Waals surface area contributed by atoms with Crippen molar-refractivity contribution in [2.75, 3.05) is 42.9 Å². The molecule has 1 aliphatic heterocycles. The number of amides is 1. The van der Waals surface area contributed by atoms with Gasteiger partial charge in [0, 0.05) is 56.8 Å². The molecule has 0 aliphatic carbocycles. The highest BCUT2D eigenvalue weighted by Crippen LogP contribution is 2.19. The van der Waals surface area contributed by atoms with Crippen LogP contribution >= 0.6 is 0 Å². The smallest absolute Gasteiger partial charge is 0.255 e. The number of piperazine rings is 1. The van der Waals surface area contributed by atoms with Crippen LogP contribution in [0, 0.1) is 5.82 Å². The highest BCUT2D eigenvalue weighted by molar-refractivity contribution is 5.99. The maximum absolute atomic E-state index is 13.5. The summed E-state index contributed by atoms with van der Waals surface area (Å²) >= 11 is 0. The minimum atomic E-state index is -0.353. The van der Waals surface area contributed by atoms with E-state index in [9.17, 15) is 9.18 Å². The first-order valence-corrected chi connectivity index (χ1v) is 10.8. The molecule has 0 saturated carbocycles. The Bertz CT molecular complexity index is 1040. The average Bonchev–Trinajstić information content (AvgIpc) is 2.80. The molecular formula is C24H27FN6O. The number of rotatable bonds is 7. The topological polar surface area (TPSA) is 73.4 Å². The number of nitrogens with one attached hydrogen (secondary N) is 2. The lowest BCUT2D eigenvalue weighted by molar-refractivity contribution is 0.0928. The first-order chi connectivity index (χ1) is 15.6. The van der Waals surface area contributed by atoms with Gasteiger partial charge in [-0.2, -0.15) is 0 Å². The quantitative estimate of drug-likeness (QED) is 0.595. The third-order valence-corrected chi connectivity index (χ3v) is 5.39. The minimum absolute atomic E-state index is 0.0360. The van der Waals surface area contributed by atoms with Gasteiger partial charge in [-0.3, -0.25) is 9.69 Å². The van der Waals surface area contributed by atoms with Gasteiger partial charge < -0.3 is 15.5 Å². The molecule has 3 heterocycles. The molecule has 0 bridgehead atoms. The number of hydrogen-bond donors (Lipinski definition) is 2. The number of hydrogen-bond acceptors (Lipinski definition) is 6. The van der Waals surface area contributed by atoms with E-state index in [0.29, 0.717) is 17.1 Å². The molecule has 1 fully saturated rings. The lowest BCUT2D eigenvalue weighted by atomic mass is 10.2. The lowest BCUT2D eigenvalue weighted by Gasteiger charge is -2.36. The molecule has 1 aromatic carbocycles. The van der Waals surface area contributed by atoms with Crippen LogP contribution in [0.4, 0.5) is 21.7 Å². The van der Waals surface area contributed by atoms with Gasteiger partial charge in [0.05, 0.1) is 5.56 Å². The van der Waals surface area contributed by atoms with Crippen LogP contribution in [0.15, 0.2) is 67.0 Å². The van der Waals surface area contributed by atoms with E-state index in [1.807, 2.05) is 31.3 Å². The second kappa shape index (κ2) is 10.2. The fourth-order valence-electron chi connectivity index (χ4n) is 3.83. The van der Waals surface area contributed by atoms with Gasteiger partial charge in [-0.25, -0.2) is 14.4 Å². The maximum atomic E-state index is 13.5. The number of carbonyl (C=O) groups is 1. The van der Waals surface area contributed by atoms with E-state index in [4.69, 9.17) is 0 Å². The number of carbonyl (C=O) groups excluding carboxylic acids is 1. The van der Waals surface area contributed by atoms with E-state index < -0.39 is 0 Å². The molecule has 2 aromatic heterocycles. The maximum Gasteiger partial charge on any atom is 0.255 e. The number of anilines is 3. The van der Waals surface area contributed by atoms with Crippen LogP contribution in [-0.2, 0) is 0 Å². The van der Waals surface area contributed by atoms with Crippen LogP contribution in [0.3, 0.4) is 0 Å². The summed E-state index contributed by atoms with van der Waals surface area (Å²) in [5.74, 6) is 0.834. The standard InChI is InChI=1S/C24H27FN6O/c1-18(17-30-12-14-31(15-13-30)22-9-2-3-10-26-22)28-24(32)21-8-5-11-27-23(21)29-20-7-4-6-19(25)16-20/h2-11,16,18H,12-15,17H2,1H3,(H,27,29)(H,28,32). The predicted molar refractivity (Wildman–Crippen MR) is 124 cm³/mol. The molecule has 2 N–H and O–H groups in total. The van der Waals surface area contributed by atoms with Crippen molar-refractivity contribution >= 4 is 23.2 Å². The zero-order valence-corrected chi connectivity index (χ0v) is 18.0. The predicted octanol–water partition coefficient (Wildman–Crippen LogP) is 3.30. The molecule has 0 radical (unpaired) electrons. The minimum Gasteiger partial charge on any atom is -0.354 e. The molecule has 4 rings (SSSR count). The third kappa shape index (κ3) is 5.59. The molecule has 8 heteroatoms. The van der Waals surface area contributed by atoms with Crippen molar-refractivity contribution in [3.63, 3.8) is 0 Å². The first kappa shape index (κ1) is 21.7. The number of aromatic nitrogens is 2. The van der Waals surface area contributed by atoms with Crippen molar-refractivity contribution in [1.29, 1.82) is 0 Å². The zero-order valence-electron chi connectivity index (χ0n) is 18.0. The van der Waals surface area contributed by atoms with Gasteiger partial charge >= 0.3 is 0 Å². The van der Waals surface area contributed by atoms with Gasteiger partial charge in [0.25, 0.3) is 5.91 Å². The van der Waals surface area contributed by atoms with Gasteiger partial charge in [-0.1, -0.05) is 12.1 Å². The number of nitrogens with zero attached hydrogens (tertiary/aromatic N) is 4. The average molecular weight is 435 g/mol. The molecule has 166 valence electrons. The Labute approximate surface area is 187 Å². The van der Waals surface area contributed by atoms with Crippen molar-refractivity contribution in [1.82, 2.24) is 20.2 Å². The van der Waals surface area contributed by atoms with E-state index in [0.717, 1.165) is 38.5 Å².